The fraction of sp³-hybridized carbons (Fsp3) is 0.136. The molecule has 2 aromatic carbocycles. The number of rotatable bonds is 7. The number of ether oxygens (including phenoxy) is 2. The molecule has 0 saturated carbocycles. The highest BCUT2D eigenvalue weighted by molar-refractivity contribution is 14.1. The zero-order valence-corrected chi connectivity index (χ0v) is 18.3. The van der Waals surface area contributed by atoms with Crippen LogP contribution in [-0.2, 0) is 11.4 Å². The molecule has 0 bridgehead atoms. The van der Waals surface area contributed by atoms with Gasteiger partial charge in [-0.05, 0) is 52.4 Å². The molecule has 2 aromatic rings. The van der Waals surface area contributed by atoms with Gasteiger partial charge in [0.25, 0.3) is 5.91 Å². The van der Waals surface area contributed by atoms with E-state index in [4.69, 9.17) is 9.47 Å². The second-order valence-corrected chi connectivity index (χ2v) is 7.45. The van der Waals surface area contributed by atoms with Gasteiger partial charge in [-0.2, -0.15) is 5.26 Å². The van der Waals surface area contributed by atoms with Crippen molar-refractivity contribution in [2.75, 3.05) is 13.7 Å². The highest BCUT2D eigenvalue weighted by Crippen LogP contribution is 2.35. The number of hydrogen-bond acceptors (Lipinski definition) is 5. The largest absolute Gasteiger partial charge is 0.493 e. The molecule has 0 spiro atoms. The molecule has 3 rings (SSSR count). The van der Waals surface area contributed by atoms with Crippen molar-refractivity contribution in [2.24, 2.45) is 0 Å². The van der Waals surface area contributed by atoms with Gasteiger partial charge >= 0.3 is 6.03 Å². The van der Waals surface area contributed by atoms with Crippen LogP contribution in [0, 0.1) is 14.9 Å². The van der Waals surface area contributed by atoms with Crippen molar-refractivity contribution >= 4 is 40.6 Å². The number of nitrogens with one attached hydrogen (secondary N) is 1. The molecule has 7 nitrogen and oxygen atoms in total. The van der Waals surface area contributed by atoms with Gasteiger partial charge in [0.05, 0.1) is 22.3 Å². The van der Waals surface area contributed by atoms with Gasteiger partial charge in [-0.1, -0.05) is 24.3 Å². The molecule has 1 fully saturated rings. The van der Waals surface area contributed by atoms with Crippen molar-refractivity contribution in [1.82, 2.24) is 10.2 Å². The summed E-state index contributed by atoms with van der Waals surface area (Å²) in [6.45, 7) is 3.90. The lowest BCUT2D eigenvalue weighted by molar-refractivity contribution is -0.122. The number of carbonyl (C=O) groups is 2. The van der Waals surface area contributed by atoms with Crippen molar-refractivity contribution in [3.05, 3.63) is 75.0 Å². The number of urea groups is 1. The average molecular weight is 515 g/mol. The van der Waals surface area contributed by atoms with Gasteiger partial charge in [0, 0.05) is 12.1 Å². The Kier molecular flexibility index (Phi) is 6.74. The number of nitrogens with zero attached hydrogens (tertiary/aromatic N) is 2. The van der Waals surface area contributed by atoms with Crippen LogP contribution in [0.25, 0.3) is 6.08 Å². The maximum atomic E-state index is 12.4. The average Bonchev–Trinajstić information content (AvgIpc) is 3.00. The molecule has 1 saturated heterocycles. The molecule has 0 unspecified atom stereocenters. The van der Waals surface area contributed by atoms with Gasteiger partial charge in [0.15, 0.2) is 11.5 Å². The Morgan fingerprint density at radius 3 is 2.77 bits per heavy atom. The van der Waals surface area contributed by atoms with Crippen LogP contribution in [0.15, 0.2) is 54.8 Å². The van der Waals surface area contributed by atoms with E-state index in [0.29, 0.717) is 22.6 Å². The Morgan fingerprint density at radius 1 is 1.30 bits per heavy atom. The van der Waals surface area contributed by atoms with E-state index in [1.54, 1.807) is 24.3 Å². The van der Waals surface area contributed by atoms with Crippen LogP contribution in [0.4, 0.5) is 4.79 Å². The smallest absolute Gasteiger partial charge is 0.329 e. The molecule has 0 aliphatic carbocycles. The first-order valence-corrected chi connectivity index (χ1v) is 10.00. The number of benzene rings is 2. The molecule has 1 aliphatic heterocycles. The monoisotopic (exact) mass is 515 g/mol. The number of carbonyl (C=O) groups excluding carboxylic acids is 2. The van der Waals surface area contributed by atoms with Crippen LogP contribution in [0.3, 0.4) is 0 Å². The number of imide groups is 1. The third-order valence-electron chi connectivity index (χ3n) is 4.35. The van der Waals surface area contributed by atoms with Gasteiger partial charge < -0.3 is 14.8 Å². The van der Waals surface area contributed by atoms with Crippen molar-refractivity contribution in [3.63, 3.8) is 0 Å². The van der Waals surface area contributed by atoms with E-state index in [9.17, 15) is 14.9 Å². The fourth-order valence-corrected chi connectivity index (χ4v) is 3.68. The molecule has 0 aromatic heterocycles. The van der Waals surface area contributed by atoms with Crippen molar-refractivity contribution in [2.45, 2.75) is 6.61 Å². The fourth-order valence-electron chi connectivity index (χ4n) is 2.90. The Hall–Kier alpha value is -3.32. The summed E-state index contributed by atoms with van der Waals surface area (Å²) in [5.74, 6) is 0.591. The SMILES string of the molecule is C=CCN1C(=O)NC(=Cc2cc(I)c(OCc3ccccc3C#N)c(OC)c2)C1=O. The predicted octanol–water partition coefficient (Wildman–Crippen LogP) is 3.83. The molecular weight excluding hydrogens is 497 g/mol. The van der Waals surface area contributed by atoms with E-state index in [1.165, 1.54) is 13.2 Å². The molecule has 1 aliphatic rings. The van der Waals surface area contributed by atoms with Crippen LogP contribution in [0.2, 0.25) is 0 Å². The van der Waals surface area contributed by atoms with E-state index in [2.05, 4.69) is 40.6 Å². The summed E-state index contributed by atoms with van der Waals surface area (Å²) in [7, 11) is 1.52. The van der Waals surface area contributed by atoms with Crippen LogP contribution in [-0.4, -0.2) is 30.5 Å². The topological polar surface area (TPSA) is 91.7 Å². The third kappa shape index (κ3) is 4.46. The zero-order chi connectivity index (χ0) is 21.7. The molecule has 8 heteroatoms. The summed E-state index contributed by atoms with van der Waals surface area (Å²) in [5, 5.41) is 11.8. The predicted molar refractivity (Wildman–Crippen MR) is 120 cm³/mol. The summed E-state index contributed by atoms with van der Waals surface area (Å²) in [6, 6.07) is 12.4. The lowest BCUT2D eigenvalue weighted by Gasteiger charge is -2.14. The second-order valence-electron chi connectivity index (χ2n) is 6.28. The van der Waals surface area contributed by atoms with Crippen LogP contribution >= 0.6 is 22.6 Å². The van der Waals surface area contributed by atoms with Crippen LogP contribution < -0.4 is 14.8 Å². The molecule has 0 radical (unpaired) electrons. The molecule has 1 heterocycles. The number of amides is 3. The molecular formula is C22H18IN3O4. The van der Waals surface area contributed by atoms with Crippen LogP contribution in [0.1, 0.15) is 16.7 Å². The zero-order valence-electron chi connectivity index (χ0n) is 16.1. The second kappa shape index (κ2) is 9.45. The van der Waals surface area contributed by atoms with E-state index in [-0.39, 0.29) is 18.8 Å². The lowest BCUT2D eigenvalue weighted by Crippen LogP contribution is -2.30. The first-order chi connectivity index (χ1) is 14.5. The van der Waals surface area contributed by atoms with E-state index in [0.717, 1.165) is 14.0 Å². The highest BCUT2D eigenvalue weighted by Gasteiger charge is 2.32. The van der Waals surface area contributed by atoms with E-state index < -0.39 is 11.9 Å². The third-order valence-corrected chi connectivity index (χ3v) is 5.15. The van der Waals surface area contributed by atoms with Crippen molar-refractivity contribution in [1.29, 1.82) is 5.26 Å². The van der Waals surface area contributed by atoms with Crippen LogP contribution in [0.5, 0.6) is 11.5 Å². The van der Waals surface area contributed by atoms with Gasteiger partial charge in [-0.3, -0.25) is 9.69 Å². The summed E-state index contributed by atoms with van der Waals surface area (Å²) in [6.07, 6.45) is 3.08. The first-order valence-electron chi connectivity index (χ1n) is 8.92. The Morgan fingerprint density at radius 2 is 2.07 bits per heavy atom. The standard InChI is InChI=1S/C22H18IN3O4/c1-3-8-26-21(27)18(25-22(26)28)10-14-9-17(23)20(19(11-14)29-2)30-13-16-7-5-4-6-15(16)12-24/h3-7,9-11H,1,8,13H2,2H3,(H,25,28). The maximum absolute atomic E-state index is 12.4. The Labute approximate surface area is 187 Å². The molecule has 3 amide bonds. The Balaban J connectivity index is 1.86. The number of methoxy groups -OCH3 is 1. The van der Waals surface area contributed by atoms with Gasteiger partial charge in [-0.25, -0.2) is 4.79 Å². The quantitative estimate of drug-likeness (QED) is 0.262. The highest BCUT2D eigenvalue weighted by atomic mass is 127. The van der Waals surface area contributed by atoms with Crippen molar-refractivity contribution < 1.29 is 19.1 Å². The van der Waals surface area contributed by atoms with E-state index in [1.807, 2.05) is 18.2 Å². The number of halogens is 1. The minimum absolute atomic E-state index is 0.139. The number of hydrogen-bond donors (Lipinski definition) is 1. The minimum Gasteiger partial charge on any atom is -0.493 e. The van der Waals surface area contributed by atoms with Gasteiger partial charge in [-0.15, -0.1) is 6.58 Å². The maximum Gasteiger partial charge on any atom is 0.329 e. The summed E-state index contributed by atoms with van der Waals surface area (Å²) in [5.41, 5.74) is 2.17. The van der Waals surface area contributed by atoms with Gasteiger partial charge in [0.1, 0.15) is 12.3 Å². The summed E-state index contributed by atoms with van der Waals surface area (Å²) >= 11 is 2.11. The van der Waals surface area contributed by atoms with Gasteiger partial charge in [0.2, 0.25) is 0 Å². The summed E-state index contributed by atoms with van der Waals surface area (Å²) in [4.78, 5) is 25.4. The summed E-state index contributed by atoms with van der Waals surface area (Å²) < 4.78 is 12.2. The first kappa shape index (κ1) is 21.4. The number of nitriles is 1. The molecule has 0 atom stereocenters. The van der Waals surface area contributed by atoms with Crippen molar-refractivity contribution in [3.8, 4) is 17.6 Å². The minimum atomic E-state index is -0.482. The normalized spacial score (nSPS) is 14.4. The molecule has 1 N–H and O–H groups in total. The Bertz CT molecular complexity index is 1090. The van der Waals surface area contributed by atoms with E-state index >= 15 is 0 Å². The molecule has 152 valence electrons. The molecule has 30 heavy (non-hydrogen) atoms. The lowest BCUT2D eigenvalue weighted by atomic mass is 10.1.